The zero-order valence-corrected chi connectivity index (χ0v) is 11.4. The van der Waals surface area contributed by atoms with Gasteiger partial charge in [-0.25, -0.2) is 4.39 Å². The van der Waals surface area contributed by atoms with Gasteiger partial charge in [-0.15, -0.1) is 0 Å². The molecule has 3 nitrogen and oxygen atoms in total. The molecule has 0 saturated carbocycles. The first-order valence-corrected chi connectivity index (χ1v) is 6.12. The minimum absolute atomic E-state index is 0.0955. The summed E-state index contributed by atoms with van der Waals surface area (Å²) in [4.78, 5) is 13.7. The summed E-state index contributed by atoms with van der Waals surface area (Å²) >= 11 is 0. The van der Waals surface area contributed by atoms with Gasteiger partial charge in [0, 0.05) is 7.05 Å². The SMILES string of the molecule is CC(C)[C@@H](N)C(=O)N(C)C(C)c1ccc(F)cc1. The summed E-state index contributed by atoms with van der Waals surface area (Å²) in [5, 5.41) is 0. The van der Waals surface area contributed by atoms with Gasteiger partial charge in [0.15, 0.2) is 0 Å². The van der Waals surface area contributed by atoms with Crippen LogP contribution in [0.25, 0.3) is 0 Å². The standard InChI is InChI=1S/C14H21FN2O/c1-9(2)13(16)14(18)17(4)10(3)11-5-7-12(15)8-6-11/h5-10,13H,16H2,1-4H3/t10?,13-/m1/s1. The van der Waals surface area contributed by atoms with Crippen LogP contribution in [0.15, 0.2) is 24.3 Å². The molecule has 0 heterocycles. The van der Waals surface area contributed by atoms with Crippen LogP contribution in [0.1, 0.15) is 32.4 Å². The van der Waals surface area contributed by atoms with Crippen LogP contribution >= 0.6 is 0 Å². The lowest BCUT2D eigenvalue weighted by molar-refractivity contribution is -0.134. The number of hydrogen-bond acceptors (Lipinski definition) is 2. The van der Waals surface area contributed by atoms with E-state index < -0.39 is 6.04 Å². The lowest BCUT2D eigenvalue weighted by atomic mass is 10.0. The Morgan fingerprint density at radius 1 is 1.22 bits per heavy atom. The Morgan fingerprint density at radius 3 is 2.17 bits per heavy atom. The average Bonchev–Trinajstić information content (AvgIpc) is 2.36. The van der Waals surface area contributed by atoms with E-state index in [4.69, 9.17) is 5.73 Å². The average molecular weight is 252 g/mol. The van der Waals surface area contributed by atoms with Gasteiger partial charge < -0.3 is 10.6 Å². The zero-order chi connectivity index (χ0) is 13.9. The fourth-order valence-electron chi connectivity index (χ4n) is 1.68. The maximum atomic E-state index is 12.8. The molecule has 2 atom stereocenters. The topological polar surface area (TPSA) is 46.3 Å². The highest BCUT2D eigenvalue weighted by atomic mass is 19.1. The van der Waals surface area contributed by atoms with Crippen molar-refractivity contribution >= 4 is 5.91 Å². The molecule has 1 rings (SSSR count). The lowest BCUT2D eigenvalue weighted by Crippen LogP contribution is -2.45. The molecule has 0 aromatic heterocycles. The second-order valence-corrected chi connectivity index (χ2v) is 4.95. The Kier molecular flexibility index (Phi) is 4.84. The molecule has 0 radical (unpaired) electrons. The van der Waals surface area contributed by atoms with Crippen molar-refractivity contribution in [2.75, 3.05) is 7.05 Å². The molecule has 0 aliphatic carbocycles. The predicted octanol–water partition coefficient (Wildman–Crippen LogP) is 2.33. The second-order valence-electron chi connectivity index (χ2n) is 4.95. The van der Waals surface area contributed by atoms with Gasteiger partial charge in [-0.2, -0.15) is 0 Å². The van der Waals surface area contributed by atoms with E-state index in [2.05, 4.69) is 0 Å². The number of halogens is 1. The van der Waals surface area contributed by atoms with Crippen molar-refractivity contribution in [1.29, 1.82) is 0 Å². The molecule has 0 aliphatic heterocycles. The Bertz CT molecular complexity index is 403. The predicted molar refractivity (Wildman–Crippen MR) is 70.4 cm³/mol. The van der Waals surface area contributed by atoms with Crippen molar-refractivity contribution in [2.24, 2.45) is 11.7 Å². The van der Waals surface area contributed by atoms with E-state index in [9.17, 15) is 9.18 Å². The van der Waals surface area contributed by atoms with Gasteiger partial charge in [-0.1, -0.05) is 26.0 Å². The fraction of sp³-hybridized carbons (Fsp3) is 0.500. The summed E-state index contributed by atoms with van der Waals surface area (Å²) in [5.74, 6) is -0.277. The first kappa shape index (κ1) is 14.6. The number of rotatable bonds is 4. The molecule has 0 aliphatic rings. The molecule has 18 heavy (non-hydrogen) atoms. The minimum atomic E-state index is -0.502. The van der Waals surface area contributed by atoms with E-state index in [-0.39, 0.29) is 23.7 Å². The van der Waals surface area contributed by atoms with Crippen LogP contribution < -0.4 is 5.73 Å². The summed E-state index contributed by atoms with van der Waals surface area (Å²) in [7, 11) is 1.72. The number of carbonyl (C=O) groups excluding carboxylic acids is 1. The normalized spacial score (nSPS) is 14.4. The molecule has 100 valence electrons. The third-order valence-corrected chi connectivity index (χ3v) is 3.28. The van der Waals surface area contributed by atoms with Gasteiger partial charge >= 0.3 is 0 Å². The van der Waals surface area contributed by atoms with E-state index in [1.807, 2.05) is 20.8 Å². The number of hydrogen-bond donors (Lipinski definition) is 1. The number of likely N-dealkylation sites (N-methyl/N-ethyl adjacent to an activating group) is 1. The molecule has 1 unspecified atom stereocenters. The van der Waals surface area contributed by atoms with Crippen LogP contribution in [-0.2, 0) is 4.79 Å². The highest BCUT2D eigenvalue weighted by Crippen LogP contribution is 2.20. The van der Waals surface area contributed by atoms with Gasteiger partial charge in [-0.05, 0) is 30.5 Å². The Labute approximate surface area is 108 Å². The fourth-order valence-corrected chi connectivity index (χ4v) is 1.68. The van der Waals surface area contributed by atoms with E-state index >= 15 is 0 Å². The molecule has 1 aromatic rings. The van der Waals surface area contributed by atoms with Crippen LogP contribution in [0, 0.1) is 11.7 Å². The third-order valence-electron chi connectivity index (χ3n) is 3.28. The summed E-state index contributed by atoms with van der Waals surface area (Å²) in [6.45, 7) is 5.73. The molecule has 0 spiro atoms. The van der Waals surface area contributed by atoms with Crippen molar-refractivity contribution in [3.8, 4) is 0 Å². The molecule has 1 amide bonds. The Hall–Kier alpha value is -1.42. The smallest absolute Gasteiger partial charge is 0.239 e. The Morgan fingerprint density at radius 2 is 1.72 bits per heavy atom. The first-order valence-electron chi connectivity index (χ1n) is 6.12. The van der Waals surface area contributed by atoms with Crippen molar-refractivity contribution in [3.63, 3.8) is 0 Å². The maximum absolute atomic E-state index is 12.8. The van der Waals surface area contributed by atoms with Gasteiger partial charge in [-0.3, -0.25) is 4.79 Å². The molecule has 0 bridgehead atoms. The van der Waals surface area contributed by atoms with Crippen molar-refractivity contribution in [2.45, 2.75) is 32.9 Å². The molecule has 2 N–H and O–H groups in total. The van der Waals surface area contributed by atoms with Gasteiger partial charge in [0.05, 0.1) is 12.1 Å². The number of benzene rings is 1. The molecule has 4 heteroatoms. The lowest BCUT2D eigenvalue weighted by Gasteiger charge is -2.29. The quantitative estimate of drug-likeness (QED) is 0.894. The van der Waals surface area contributed by atoms with Crippen LogP contribution in [0.4, 0.5) is 4.39 Å². The van der Waals surface area contributed by atoms with E-state index in [0.29, 0.717) is 0 Å². The maximum Gasteiger partial charge on any atom is 0.239 e. The van der Waals surface area contributed by atoms with Crippen molar-refractivity contribution < 1.29 is 9.18 Å². The summed E-state index contributed by atoms with van der Waals surface area (Å²) in [6.07, 6.45) is 0. The molecule has 1 aromatic carbocycles. The minimum Gasteiger partial charge on any atom is -0.338 e. The highest BCUT2D eigenvalue weighted by Gasteiger charge is 2.24. The second kappa shape index (κ2) is 5.96. The first-order chi connectivity index (χ1) is 8.34. The van der Waals surface area contributed by atoms with E-state index in [1.54, 1.807) is 24.1 Å². The zero-order valence-electron chi connectivity index (χ0n) is 11.4. The summed E-state index contributed by atoms with van der Waals surface area (Å²) in [5.41, 5.74) is 6.74. The third kappa shape index (κ3) is 3.29. The summed E-state index contributed by atoms with van der Waals surface area (Å²) in [6, 6.07) is 5.54. The van der Waals surface area contributed by atoms with Crippen LogP contribution in [0.3, 0.4) is 0 Å². The number of nitrogens with two attached hydrogens (primary N) is 1. The number of nitrogens with zero attached hydrogens (tertiary/aromatic N) is 1. The Balaban J connectivity index is 2.80. The molecular formula is C14H21FN2O. The van der Waals surface area contributed by atoms with Crippen molar-refractivity contribution in [3.05, 3.63) is 35.6 Å². The highest BCUT2D eigenvalue weighted by molar-refractivity contribution is 5.82. The van der Waals surface area contributed by atoms with Crippen molar-refractivity contribution in [1.82, 2.24) is 4.90 Å². The van der Waals surface area contributed by atoms with E-state index in [0.717, 1.165) is 5.56 Å². The number of carbonyl (C=O) groups is 1. The largest absolute Gasteiger partial charge is 0.338 e. The van der Waals surface area contributed by atoms with Gasteiger partial charge in [0.25, 0.3) is 0 Å². The van der Waals surface area contributed by atoms with Crippen LogP contribution in [0.2, 0.25) is 0 Å². The molecule has 0 saturated heterocycles. The van der Waals surface area contributed by atoms with Crippen LogP contribution in [-0.4, -0.2) is 23.9 Å². The van der Waals surface area contributed by atoms with E-state index in [1.165, 1.54) is 12.1 Å². The molecular weight excluding hydrogens is 231 g/mol. The monoisotopic (exact) mass is 252 g/mol. The number of amides is 1. The van der Waals surface area contributed by atoms with Gasteiger partial charge in [0.1, 0.15) is 5.82 Å². The molecule has 0 fully saturated rings. The van der Waals surface area contributed by atoms with Crippen LogP contribution in [0.5, 0.6) is 0 Å². The summed E-state index contributed by atoms with van der Waals surface area (Å²) < 4.78 is 12.8. The van der Waals surface area contributed by atoms with Gasteiger partial charge in [0.2, 0.25) is 5.91 Å².